The lowest BCUT2D eigenvalue weighted by Gasteiger charge is -1.98. The van der Waals surface area contributed by atoms with E-state index in [1.807, 2.05) is 12.1 Å². The van der Waals surface area contributed by atoms with Gasteiger partial charge in [-0.2, -0.15) is 10.5 Å². The molecule has 22 heavy (non-hydrogen) atoms. The standard InChI is InChI=1S/C15H9ClN4OS/c16-11-3-1-10(2-4-11)13-5-12(14(22-13)15(19)21)20-8-9(6-17)7-18/h1-5,8,20H,(H2,19,21). The van der Waals surface area contributed by atoms with E-state index < -0.39 is 5.91 Å². The third kappa shape index (κ3) is 3.44. The Morgan fingerprint density at radius 1 is 1.27 bits per heavy atom. The Hall–Kier alpha value is -2.80. The van der Waals surface area contributed by atoms with Crippen molar-refractivity contribution in [1.82, 2.24) is 0 Å². The van der Waals surface area contributed by atoms with Crippen molar-refractivity contribution in [3.8, 4) is 22.6 Å². The summed E-state index contributed by atoms with van der Waals surface area (Å²) in [5, 5.41) is 20.8. The first kappa shape index (κ1) is 15.6. The number of amides is 1. The topological polar surface area (TPSA) is 103 Å². The molecule has 1 aromatic carbocycles. The summed E-state index contributed by atoms with van der Waals surface area (Å²) >= 11 is 7.07. The molecule has 0 fully saturated rings. The first-order valence-electron chi connectivity index (χ1n) is 6.01. The maximum Gasteiger partial charge on any atom is 0.260 e. The van der Waals surface area contributed by atoms with Gasteiger partial charge >= 0.3 is 0 Å². The average Bonchev–Trinajstić information content (AvgIpc) is 2.93. The van der Waals surface area contributed by atoms with Crippen LogP contribution in [0.15, 0.2) is 42.1 Å². The highest BCUT2D eigenvalue weighted by Crippen LogP contribution is 2.35. The summed E-state index contributed by atoms with van der Waals surface area (Å²) in [6.45, 7) is 0. The molecule has 2 aromatic rings. The molecule has 0 radical (unpaired) electrons. The van der Waals surface area contributed by atoms with Crippen molar-refractivity contribution in [2.75, 3.05) is 5.32 Å². The van der Waals surface area contributed by atoms with Crippen LogP contribution in [-0.4, -0.2) is 5.91 Å². The van der Waals surface area contributed by atoms with Gasteiger partial charge in [0.1, 0.15) is 22.6 Å². The summed E-state index contributed by atoms with van der Waals surface area (Å²) in [5.41, 5.74) is 6.59. The quantitative estimate of drug-likeness (QED) is 0.838. The van der Waals surface area contributed by atoms with Gasteiger partial charge in [0.15, 0.2) is 0 Å². The highest BCUT2D eigenvalue weighted by Gasteiger charge is 2.14. The molecule has 0 aliphatic heterocycles. The summed E-state index contributed by atoms with van der Waals surface area (Å²) < 4.78 is 0. The normalized spacial score (nSPS) is 9.41. The molecule has 0 bridgehead atoms. The van der Waals surface area contributed by atoms with Crippen LogP contribution >= 0.6 is 22.9 Å². The third-order valence-electron chi connectivity index (χ3n) is 2.70. The minimum absolute atomic E-state index is 0.102. The predicted molar refractivity (Wildman–Crippen MR) is 86.2 cm³/mol. The second kappa shape index (κ2) is 6.77. The van der Waals surface area contributed by atoms with Crippen LogP contribution in [0.1, 0.15) is 9.67 Å². The molecule has 108 valence electrons. The SMILES string of the molecule is N#CC(C#N)=CNc1cc(-c2ccc(Cl)cc2)sc1C(N)=O. The largest absolute Gasteiger partial charge is 0.365 e. The number of thiophene rings is 1. The van der Waals surface area contributed by atoms with Crippen LogP contribution < -0.4 is 11.1 Å². The fraction of sp³-hybridized carbons (Fsp3) is 0. The number of nitrogens with zero attached hydrogens (tertiary/aromatic N) is 2. The molecule has 7 heteroatoms. The lowest BCUT2D eigenvalue weighted by Crippen LogP contribution is -2.10. The maximum atomic E-state index is 11.5. The van der Waals surface area contributed by atoms with Crippen LogP contribution in [0.4, 0.5) is 5.69 Å². The predicted octanol–water partition coefficient (Wildman–Crippen LogP) is 3.51. The number of nitrogens with two attached hydrogens (primary N) is 1. The van der Waals surface area contributed by atoms with E-state index in [-0.39, 0.29) is 5.57 Å². The Morgan fingerprint density at radius 3 is 2.45 bits per heavy atom. The van der Waals surface area contributed by atoms with Gasteiger partial charge in [-0.25, -0.2) is 0 Å². The van der Waals surface area contributed by atoms with E-state index in [4.69, 9.17) is 27.9 Å². The number of primary amides is 1. The van der Waals surface area contributed by atoms with Gasteiger partial charge in [0.2, 0.25) is 0 Å². The molecule has 1 heterocycles. The molecule has 0 saturated heterocycles. The molecule has 1 aromatic heterocycles. The number of anilines is 1. The van der Waals surface area contributed by atoms with Crippen molar-refractivity contribution >= 4 is 34.5 Å². The number of hydrogen-bond donors (Lipinski definition) is 2. The minimum atomic E-state index is -0.587. The van der Waals surface area contributed by atoms with E-state index in [0.717, 1.165) is 10.4 Å². The maximum absolute atomic E-state index is 11.5. The van der Waals surface area contributed by atoms with Crippen LogP contribution in [-0.2, 0) is 0 Å². The summed E-state index contributed by atoms with van der Waals surface area (Å²) in [6.07, 6.45) is 1.24. The molecule has 0 aliphatic carbocycles. The van der Waals surface area contributed by atoms with E-state index in [1.165, 1.54) is 17.5 Å². The molecule has 0 atom stereocenters. The van der Waals surface area contributed by atoms with Gasteiger partial charge in [0.25, 0.3) is 5.91 Å². The average molecular weight is 329 g/mol. The monoisotopic (exact) mass is 328 g/mol. The second-order valence-corrected chi connectivity index (χ2v) is 5.64. The first-order chi connectivity index (χ1) is 10.5. The van der Waals surface area contributed by atoms with Gasteiger partial charge in [0.05, 0.1) is 5.69 Å². The highest BCUT2D eigenvalue weighted by atomic mass is 35.5. The van der Waals surface area contributed by atoms with Crippen molar-refractivity contribution in [1.29, 1.82) is 10.5 Å². The van der Waals surface area contributed by atoms with E-state index in [9.17, 15) is 4.79 Å². The molecule has 0 aliphatic rings. The molecule has 0 spiro atoms. The summed E-state index contributed by atoms with van der Waals surface area (Å²) in [7, 11) is 0. The number of carbonyl (C=O) groups is 1. The fourth-order valence-corrected chi connectivity index (χ4v) is 2.78. The van der Waals surface area contributed by atoms with Crippen LogP contribution in [0.5, 0.6) is 0 Å². The van der Waals surface area contributed by atoms with E-state index in [1.54, 1.807) is 30.3 Å². The molecule has 2 rings (SSSR count). The van der Waals surface area contributed by atoms with E-state index >= 15 is 0 Å². The lowest BCUT2D eigenvalue weighted by atomic mass is 10.2. The summed E-state index contributed by atoms with van der Waals surface area (Å²) in [6, 6.07) is 12.3. The summed E-state index contributed by atoms with van der Waals surface area (Å²) in [5.74, 6) is -0.587. The lowest BCUT2D eigenvalue weighted by molar-refractivity contribution is 0.100. The molecule has 1 amide bonds. The number of carbonyl (C=O) groups excluding carboxylic acids is 1. The van der Waals surface area contributed by atoms with Gasteiger partial charge in [0, 0.05) is 16.1 Å². The number of allylic oxidation sites excluding steroid dienone is 1. The number of nitriles is 2. The number of benzene rings is 1. The molecular weight excluding hydrogens is 320 g/mol. The van der Waals surface area contributed by atoms with Gasteiger partial charge < -0.3 is 11.1 Å². The Labute approximate surface area is 135 Å². The molecule has 0 unspecified atom stereocenters. The van der Waals surface area contributed by atoms with Crippen molar-refractivity contribution in [2.24, 2.45) is 5.73 Å². The number of hydrogen-bond acceptors (Lipinski definition) is 5. The van der Waals surface area contributed by atoms with Gasteiger partial charge in [-0.3, -0.25) is 4.79 Å². The van der Waals surface area contributed by atoms with Gasteiger partial charge in [-0.15, -0.1) is 11.3 Å². The van der Waals surface area contributed by atoms with Crippen molar-refractivity contribution in [2.45, 2.75) is 0 Å². The number of nitrogens with one attached hydrogen (secondary N) is 1. The van der Waals surface area contributed by atoms with E-state index in [2.05, 4.69) is 5.32 Å². The summed E-state index contributed by atoms with van der Waals surface area (Å²) in [4.78, 5) is 12.7. The molecule has 5 nitrogen and oxygen atoms in total. The first-order valence-corrected chi connectivity index (χ1v) is 7.21. The fourth-order valence-electron chi connectivity index (χ4n) is 1.68. The van der Waals surface area contributed by atoms with Crippen LogP contribution in [0.25, 0.3) is 10.4 Å². The third-order valence-corrected chi connectivity index (χ3v) is 4.15. The van der Waals surface area contributed by atoms with Crippen molar-refractivity contribution < 1.29 is 4.79 Å². The minimum Gasteiger partial charge on any atom is -0.365 e. The molecule has 3 N–H and O–H groups in total. The zero-order chi connectivity index (χ0) is 16.1. The van der Waals surface area contributed by atoms with Crippen molar-refractivity contribution in [3.05, 3.63) is 52.0 Å². The van der Waals surface area contributed by atoms with Gasteiger partial charge in [-0.05, 0) is 23.8 Å². The zero-order valence-electron chi connectivity index (χ0n) is 11.1. The molecule has 0 saturated carbocycles. The van der Waals surface area contributed by atoms with Crippen LogP contribution in [0.2, 0.25) is 5.02 Å². The van der Waals surface area contributed by atoms with Crippen LogP contribution in [0, 0.1) is 22.7 Å². The van der Waals surface area contributed by atoms with Crippen LogP contribution in [0.3, 0.4) is 0 Å². The van der Waals surface area contributed by atoms with Gasteiger partial charge in [-0.1, -0.05) is 23.7 Å². The number of rotatable bonds is 4. The molecular formula is C15H9ClN4OS. The Balaban J connectivity index is 2.40. The van der Waals surface area contributed by atoms with E-state index in [0.29, 0.717) is 15.6 Å². The Bertz CT molecular complexity index is 809. The Kier molecular flexibility index (Phi) is 4.80. The zero-order valence-corrected chi connectivity index (χ0v) is 12.7. The Morgan fingerprint density at radius 2 is 1.91 bits per heavy atom. The second-order valence-electron chi connectivity index (χ2n) is 4.15. The van der Waals surface area contributed by atoms with Crippen molar-refractivity contribution in [3.63, 3.8) is 0 Å². The highest BCUT2D eigenvalue weighted by molar-refractivity contribution is 7.18. The smallest absolute Gasteiger partial charge is 0.260 e. The number of halogens is 1.